The van der Waals surface area contributed by atoms with Crippen molar-refractivity contribution in [3.63, 3.8) is 0 Å². The molecule has 1 saturated carbocycles. The van der Waals surface area contributed by atoms with Crippen LogP contribution in [0.15, 0.2) is 24.3 Å². The standard InChI is InChI=1S/C14H20FNO/c1-2-16(11-7-9-12(17)10-8-11)14-6-4-3-5-13(14)15/h3-6,11-12,17H,2,7-10H2,1H3. The van der Waals surface area contributed by atoms with Gasteiger partial charge in [-0.05, 0) is 44.7 Å². The van der Waals surface area contributed by atoms with Crippen molar-refractivity contribution in [2.45, 2.75) is 44.8 Å². The minimum absolute atomic E-state index is 0.152. The normalized spacial score (nSPS) is 24.6. The molecule has 1 aromatic rings. The van der Waals surface area contributed by atoms with Crippen LogP contribution in [0.4, 0.5) is 10.1 Å². The van der Waals surface area contributed by atoms with Crippen LogP contribution in [0.3, 0.4) is 0 Å². The third-order valence-corrected chi connectivity index (χ3v) is 3.61. The van der Waals surface area contributed by atoms with Gasteiger partial charge in [-0.15, -0.1) is 0 Å². The number of hydrogen-bond donors (Lipinski definition) is 1. The Morgan fingerprint density at radius 2 is 1.88 bits per heavy atom. The molecular formula is C14H20FNO. The highest BCUT2D eigenvalue weighted by molar-refractivity contribution is 5.48. The quantitative estimate of drug-likeness (QED) is 0.873. The fourth-order valence-corrected chi connectivity index (χ4v) is 2.68. The summed E-state index contributed by atoms with van der Waals surface area (Å²) in [7, 11) is 0. The van der Waals surface area contributed by atoms with Gasteiger partial charge in [0, 0.05) is 12.6 Å². The maximum Gasteiger partial charge on any atom is 0.146 e. The molecule has 0 aliphatic heterocycles. The average molecular weight is 237 g/mol. The first kappa shape index (κ1) is 12.4. The van der Waals surface area contributed by atoms with E-state index in [0.29, 0.717) is 11.7 Å². The predicted molar refractivity (Wildman–Crippen MR) is 67.7 cm³/mol. The number of hydrogen-bond acceptors (Lipinski definition) is 2. The molecule has 0 unspecified atom stereocenters. The van der Waals surface area contributed by atoms with E-state index in [1.165, 1.54) is 6.07 Å². The van der Waals surface area contributed by atoms with Crippen molar-refractivity contribution in [1.82, 2.24) is 0 Å². The first-order chi connectivity index (χ1) is 8.22. The Morgan fingerprint density at radius 3 is 2.47 bits per heavy atom. The summed E-state index contributed by atoms with van der Waals surface area (Å²) in [5.41, 5.74) is 0.691. The van der Waals surface area contributed by atoms with Gasteiger partial charge in [0.15, 0.2) is 0 Å². The molecule has 1 fully saturated rings. The topological polar surface area (TPSA) is 23.5 Å². The van der Waals surface area contributed by atoms with Gasteiger partial charge < -0.3 is 10.0 Å². The molecule has 94 valence electrons. The van der Waals surface area contributed by atoms with Gasteiger partial charge in [0.2, 0.25) is 0 Å². The number of para-hydroxylation sites is 1. The van der Waals surface area contributed by atoms with Gasteiger partial charge in [0.25, 0.3) is 0 Å². The summed E-state index contributed by atoms with van der Waals surface area (Å²) >= 11 is 0. The molecular weight excluding hydrogens is 217 g/mol. The number of aliphatic hydroxyl groups is 1. The number of rotatable bonds is 3. The molecule has 17 heavy (non-hydrogen) atoms. The molecule has 0 aromatic heterocycles. The molecule has 1 aliphatic carbocycles. The molecule has 0 saturated heterocycles. The third-order valence-electron chi connectivity index (χ3n) is 3.61. The molecule has 1 aromatic carbocycles. The summed E-state index contributed by atoms with van der Waals surface area (Å²) in [6.07, 6.45) is 3.39. The van der Waals surface area contributed by atoms with Crippen molar-refractivity contribution in [3.05, 3.63) is 30.1 Å². The van der Waals surface area contributed by atoms with Gasteiger partial charge in [-0.3, -0.25) is 0 Å². The lowest BCUT2D eigenvalue weighted by molar-refractivity contribution is 0.121. The second-order valence-corrected chi connectivity index (χ2v) is 4.70. The van der Waals surface area contributed by atoms with Crippen LogP contribution < -0.4 is 4.90 Å². The lowest BCUT2D eigenvalue weighted by atomic mass is 9.91. The summed E-state index contributed by atoms with van der Waals surface area (Å²) < 4.78 is 13.8. The lowest BCUT2D eigenvalue weighted by Crippen LogP contribution is -2.39. The molecule has 0 atom stereocenters. The Bertz CT molecular complexity index is 361. The van der Waals surface area contributed by atoms with Crippen molar-refractivity contribution in [1.29, 1.82) is 0 Å². The van der Waals surface area contributed by atoms with Crippen molar-refractivity contribution in [3.8, 4) is 0 Å². The van der Waals surface area contributed by atoms with Crippen LogP contribution in [0.25, 0.3) is 0 Å². The van der Waals surface area contributed by atoms with Crippen molar-refractivity contribution >= 4 is 5.69 Å². The first-order valence-corrected chi connectivity index (χ1v) is 6.41. The molecule has 2 nitrogen and oxygen atoms in total. The van der Waals surface area contributed by atoms with Gasteiger partial charge in [0.05, 0.1) is 11.8 Å². The molecule has 1 aliphatic rings. The van der Waals surface area contributed by atoms with E-state index in [-0.39, 0.29) is 11.9 Å². The maximum atomic E-state index is 13.8. The van der Waals surface area contributed by atoms with Gasteiger partial charge in [0.1, 0.15) is 5.82 Å². The zero-order valence-corrected chi connectivity index (χ0v) is 10.3. The molecule has 0 heterocycles. The Hall–Kier alpha value is -1.09. The zero-order valence-electron chi connectivity index (χ0n) is 10.3. The predicted octanol–water partition coefficient (Wildman–Crippen LogP) is 2.96. The number of nitrogens with zero attached hydrogens (tertiary/aromatic N) is 1. The molecule has 0 bridgehead atoms. The Labute approximate surface area is 102 Å². The van der Waals surface area contributed by atoms with Crippen molar-refractivity contribution < 1.29 is 9.50 Å². The monoisotopic (exact) mass is 237 g/mol. The summed E-state index contributed by atoms with van der Waals surface area (Å²) in [5, 5.41) is 9.51. The molecule has 3 heteroatoms. The second-order valence-electron chi connectivity index (χ2n) is 4.70. The Morgan fingerprint density at radius 1 is 1.24 bits per heavy atom. The van der Waals surface area contributed by atoms with Crippen LogP contribution >= 0.6 is 0 Å². The number of anilines is 1. The van der Waals surface area contributed by atoms with Gasteiger partial charge in [-0.1, -0.05) is 12.1 Å². The van der Waals surface area contributed by atoms with E-state index in [1.54, 1.807) is 6.07 Å². The molecule has 1 N–H and O–H groups in total. The van der Waals surface area contributed by atoms with E-state index in [0.717, 1.165) is 32.2 Å². The van der Waals surface area contributed by atoms with E-state index in [1.807, 2.05) is 12.1 Å². The number of benzene rings is 1. The second kappa shape index (κ2) is 5.50. The van der Waals surface area contributed by atoms with Crippen LogP contribution in [0.5, 0.6) is 0 Å². The summed E-state index contributed by atoms with van der Waals surface area (Å²) in [6.45, 7) is 2.86. The van der Waals surface area contributed by atoms with Crippen LogP contribution in [0, 0.1) is 5.82 Å². The molecule has 0 radical (unpaired) electrons. The van der Waals surface area contributed by atoms with Crippen LogP contribution in [0.1, 0.15) is 32.6 Å². The number of aliphatic hydroxyl groups excluding tert-OH is 1. The fraction of sp³-hybridized carbons (Fsp3) is 0.571. The van der Waals surface area contributed by atoms with E-state index in [4.69, 9.17) is 0 Å². The Kier molecular flexibility index (Phi) is 4.00. The number of halogens is 1. The SMILES string of the molecule is CCN(c1ccccc1F)C1CCC(O)CC1. The third kappa shape index (κ3) is 2.78. The van der Waals surface area contributed by atoms with Gasteiger partial charge in [-0.25, -0.2) is 4.39 Å². The summed E-state index contributed by atoms with van der Waals surface area (Å²) in [6, 6.07) is 7.30. The minimum Gasteiger partial charge on any atom is -0.393 e. The minimum atomic E-state index is -0.162. The molecule has 2 rings (SSSR count). The van der Waals surface area contributed by atoms with Gasteiger partial charge >= 0.3 is 0 Å². The van der Waals surface area contributed by atoms with Gasteiger partial charge in [-0.2, -0.15) is 0 Å². The highest BCUT2D eigenvalue weighted by atomic mass is 19.1. The van der Waals surface area contributed by atoms with E-state index in [2.05, 4.69) is 11.8 Å². The lowest BCUT2D eigenvalue weighted by Gasteiger charge is -2.36. The van der Waals surface area contributed by atoms with Crippen LogP contribution in [-0.2, 0) is 0 Å². The summed E-state index contributed by atoms with van der Waals surface area (Å²) in [4.78, 5) is 2.13. The fourth-order valence-electron chi connectivity index (χ4n) is 2.68. The van der Waals surface area contributed by atoms with E-state index in [9.17, 15) is 9.50 Å². The summed E-state index contributed by atoms with van der Waals surface area (Å²) in [5.74, 6) is -0.152. The molecule has 0 amide bonds. The van der Waals surface area contributed by atoms with Crippen molar-refractivity contribution in [2.75, 3.05) is 11.4 Å². The Balaban J connectivity index is 2.14. The van der Waals surface area contributed by atoms with Crippen molar-refractivity contribution in [2.24, 2.45) is 0 Å². The smallest absolute Gasteiger partial charge is 0.146 e. The van der Waals surface area contributed by atoms with E-state index < -0.39 is 0 Å². The average Bonchev–Trinajstić information content (AvgIpc) is 2.35. The first-order valence-electron chi connectivity index (χ1n) is 6.41. The van der Waals surface area contributed by atoms with E-state index >= 15 is 0 Å². The molecule has 0 spiro atoms. The highest BCUT2D eigenvalue weighted by Gasteiger charge is 2.25. The maximum absolute atomic E-state index is 13.8. The zero-order chi connectivity index (χ0) is 12.3. The van der Waals surface area contributed by atoms with Crippen LogP contribution in [0.2, 0.25) is 0 Å². The highest BCUT2D eigenvalue weighted by Crippen LogP contribution is 2.28. The van der Waals surface area contributed by atoms with Crippen LogP contribution in [-0.4, -0.2) is 23.8 Å². The largest absolute Gasteiger partial charge is 0.393 e.